The Hall–Kier alpha value is -2.47. The molecule has 0 aliphatic rings. The van der Waals surface area contributed by atoms with E-state index in [4.69, 9.17) is 20.8 Å². The van der Waals surface area contributed by atoms with Gasteiger partial charge in [0.2, 0.25) is 5.91 Å². The summed E-state index contributed by atoms with van der Waals surface area (Å²) in [5.74, 6) is -0.171. The molecule has 0 saturated carbocycles. The van der Waals surface area contributed by atoms with E-state index < -0.39 is 5.91 Å². The molecule has 6 nitrogen and oxygen atoms in total. The van der Waals surface area contributed by atoms with Gasteiger partial charge in [0.05, 0.1) is 24.9 Å². The topological polar surface area (TPSA) is 80.6 Å². The molecule has 1 heterocycles. The Morgan fingerprint density at radius 3 is 2.76 bits per heavy atom. The first kappa shape index (κ1) is 14.9. The number of carbonyl (C=O) groups is 2. The number of halogens is 1. The summed E-state index contributed by atoms with van der Waals surface area (Å²) in [6.45, 7) is -0.177. The van der Waals surface area contributed by atoms with Crippen LogP contribution in [0.4, 0.5) is 5.69 Å². The van der Waals surface area contributed by atoms with E-state index >= 15 is 0 Å². The zero-order chi connectivity index (χ0) is 15.2. The molecule has 1 aromatic heterocycles. The van der Waals surface area contributed by atoms with Crippen LogP contribution in [0.1, 0.15) is 10.6 Å². The smallest absolute Gasteiger partial charge is 0.287 e. The first-order valence-electron chi connectivity index (χ1n) is 6.05. The molecule has 2 aromatic rings. The van der Waals surface area contributed by atoms with E-state index in [2.05, 4.69) is 10.6 Å². The summed E-state index contributed by atoms with van der Waals surface area (Å²) in [6.07, 6.45) is 1.38. The van der Waals surface area contributed by atoms with Crippen LogP contribution in [-0.2, 0) is 4.79 Å². The molecular weight excluding hydrogens is 296 g/mol. The third-order valence-electron chi connectivity index (χ3n) is 2.59. The number of hydrogen-bond donors (Lipinski definition) is 2. The lowest BCUT2D eigenvalue weighted by molar-refractivity contribution is -0.115. The van der Waals surface area contributed by atoms with Crippen molar-refractivity contribution in [3.63, 3.8) is 0 Å². The van der Waals surface area contributed by atoms with Gasteiger partial charge in [-0.25, -0.2) is 0 Å². The summed E-state index contributed by atoms with van der Waals surface area (Å²) in [5, 5.41) is 5.43. The first-order chi connectivity index (χ1) is 10.1. The van der Waals surface area contributed by atoms with Crippen molar-refractivity contribution in [3.8, 4) is 5.75 Å². The van der Waals surface area contributed by atoms with Gasteiger partial charge >= 0.3 is 0 Å². The number of ether oxygens (including phenoxy) is 1. The fourth-order valence-corrected chi connectivity index (χ4v) is 1.86. The van der Waals surface area contributed by atoms with Gasteiger partial charge < -0.3 is 19.8 Å². The van der Waals surface area contributed by atoms with Gasteiger partial charge in [0.15, 0.2) is 5.76 Å². The minimum atomic E-state index is -0.456. The molecule has 110 valence electrons. The quantitative estimate of drug-likeness (QED) is 0.888. The maximum Gasteiger partial charge on any atom is 0.287 e. The zero-order valence-corrected chi connectivity index (χ0v) is 11.9. The van der Waals surface area contributed by atoms with Crippen molar-refractivity contribution < 1.29 is 18.7 Å². The molecule has 0 atom stereocenters. The molecule has 0 aliphatic carbocycles. The number of amides is 2. The van der Waals surface area contributed by atoms with Crippen molar-refractivity contribution in [3.05, 3.63) is 47.4 Å². The highest BCUT2D eigenvalue weighted by Crippen LogP contribution is 2.27. The van der Waals surface area contributed by atoms with Crippen molar-refractivity contribution >= 4 is 29.1 Å². The number of carbonyl (C=O) groups excluding carboxylic acids is 2. The van der Waals surface area contributed by atoms with Crippen LogP contribution in [0.25, 0.3) is 0 Å². The van der Waals surface area contributed by atoms with Crippen LogP contribution in [0.15, 0.2) is 41.0 Å². The summed E-state index contributed by atoms with van der Waals surface area (Å²) in [6, 6.07) is 7.95. The van der Waals surface area contributed by atoms with Crippen molar-refractivity contribution in [2.75, 3.05) is 19.0 Å². The number of hydrogen-bond acceptors (Lipinski definition) is 4. The van der Waals surface area contributed by atoms with Crippen LogP contribution < -0.4 is 15.4 Å². The second-order valence-electron chi connectivity index (χ2n) is 4.06. The van der Waals surface area contributed by atoms with E-state index in [1.54, 1.807) is 24.3 Å². The molecule has 0 unspecified atom stereocenters. The highest BCUT2D eigenvalue weighted by Gasteiger charge is 2.10. The molecule has 0 fully saturated rings. The summed E-state index contributed by atoms with van der Waals surface area (Å²) < 4.78 is 9.93. The van der Waals surface area contributed by atoms with E-state index in [-0.39, 0.29) is 18.2 Å². The average molecular weight is 309 g/mol. The lowest BCUT2D eigenvalue weighted by Crippen LogP contribution is -2.32. The summed E-state index contributed by atoms with van der Waals surface area (Å²) in [4.78, 5) is 23.3. The third kappa shape index (κ3) is 4.00. The van der Waals surface area contributed by atoms with Gasteiger partial charge in [0.1, 0.15) is 5.75 Å². The number of furan rings is 1. The Kier molecular flexibility index (Phi) is 4.84. The van der Waals surface area contributed by atoms with Crippen molar-refractivity contribution in [1.29, 1.82) is 0 Å². The molecule has 2 amide bonds. The van der Waals surface area contributed by atoms with Gasteiger partial charge in [-0.05, 0) is 30.3 Å². The second kappa shape index (κ2) is 6.81. The number of nitrogens with one attached hydrogen (secondary N) is 2. The van der Waals surface area contributed by atoms with Crippen molar-refractivity contribution in [2.24, 2.45) is 0 Å². The molecule has 2 rings (SSSR count). The predicted octanol–water partition coefficient (Wildman–Crippen LogP) is 2.31. The average Bonchev–Trinajstić information content (AvgIpc) is 2.99. The van der Waals surface area contributed by atoms with E-state index in [1.165, 1.54) is 19.4 Å². The maximum absolute atomic E-state index is 11.7. The molecule has 0 radical (unpaired) electrons. The first-order valence-corrected chi connectivity index (χ1v) is 6.43. The van der Waals surface area contributed by atoms with E-state index in [1.807, 2.05) is 0 Å². The van der Waals surface area contributed by atoms with Gasteiger partial charge in [-0.2, -0.15) is 0 Å². The standard InChI is InChI=1S/C14H13ClN2O4/c1-20-11-5-4-9(7-10(11)15)17-13(18)8-16-14(19)12-3-2-6-21-12/h2-7H,8H2,1H3,(H,16,19)(H,17,18). The second-order valence-corrected chi connectivity index (χ2v) is 4.46. The Bertz CT molecular complexity index is 640. The van der Waals surface area contributed by atoms with Crippen LogP contribution in [0.2, 0.25) is 5.02 Å². The normalized spacial score (nSPS) is 10.0. The van der Waals surface area contributed by atoms with Gasteiger partial charge in [0.25, 0.3) is 5.91 Å². The minimum Gasteiger partial charge on any atom is -0.495 e. The monoisotopic (exact) mass is 308 g/mol. The maximum atomic E-state index is 11.7. The fourth-order valence-electron chi connectivity index (χ4n) is 1.60. The zero-order valence-electron chi connectivity index (χ0n) is 11.2. The molecule has 21 heavy (non-hydrogen) atoms. The fraction of sp³-hybridized carbons (Fsp3) is 0.143. The number of rotatable bonds is 5. The van der Waals surface area contributed by atoms with Crippen LogP contribution >= 0.6 is 11.6 Å². The lowest BCUT2D eigenvalue weighted by Gasteiger charge is -2.08. The highest BCUT2D eigenvalue weighted by molar-refractivity contribution is 6.32. The summed E-state index contributed by atoms with van der Waals surface area (Å²) in [5.41, 5.74) is 0.512. The SMILES string of the molecule is COc1ccc(NC(=O)CNC(=O)c2ccco2)cc1Cl. The van der Waals surface area contributed by atoms with Gasteiger partial charge in [-0.1, -0.05) is 11.6 Å². The van der Waals surface area contributed by atoms with Crippen LogP contribution in [-0.4, -0.2) is 25.5 Å². The van der Waals surface area contributed by atoms with E-state index in [9.17, 15) is 9.59 Å². The summed E-state index contributed by atoms with van der Waals surface area (Å²) >= 11 is 5.95. The van der Waals surface area contributed by atoms with Crippen molar-refractivity contribution in [1.82, 2.24) is 5.32 Å². The Labute approximate surface area is 126 Å². The molecule has 0 aliphatic heterocycles. The van der Waals surface area contributed by atoms with Crippen LogP contribution in [0.3, 0.4) is 0 Å². The number of benzene rings is 1. The largest absolute Gasteiger partial charge is 0.495 e. The molecule has 2 N–H and O–H groups in total. The molecular formula is C14H13ClN2O4. The minimum absolute atomic E-state index is 0.148. The molecule has 0 spiro atoms. The predicted molar refractivity (Wildman–Crippen MR) is 77.7 cm³/mol. The summed E-state index contributed by atoms with van der Waals surface area (Å²) in [7, 11) is 1.50. The van der Waals surface area contributed by atoms with Crippen LogP contribution in [0, 0.1) is 0 Å². The van der Waals surface area contributed by atoms with Gasteiger partial charge in [0, 0.05) is 5.69 Å². The lowest BCUT2D eigenvalue weighted by atomic mass is 10.3. The van der Waals surface area contributed by atoms with Crippen molar-refractivity contribution in [2.45, 2.75) is 0 Å². The number of methoxy groups -OCH3 is 1. The molecule has 0 bridgehead atoms. The van der Waals surface area contributed by atoms with Crippen LogP contribution in [0.5, 0.6) is 5.75 Å². The number of anilines is 1. The highest BCUT2D eigenvalue weighted by atomic mass is 35.5. The molecule has 0 saturated heterocycles. The van der Waals surface area contributed by atoms with E-state index in [0.29, 0.717) is 16.5 Å². The third-order valence-corrected chi connectivity index (χ3v) is 2.89. The Morgan fingerprint density at radius 1 is 1.33 bits per heavy atom. The Balaban J connectivity index is 1.87. The molecule has 1 aromatic carbocycles. The molecule has 7 heteroatoms. The van der Waals surface area contributed by atoms with Gasteiger partial charge in [-0.3, -0.25) is 9.59 Å². The van der Waals surface area contributed by atoms with Gasteiger partial charge in [-0.15, -0.1) is 0 Å². The Morgan fingerprint density at radius 2 is 2.14 bits per heavy atom. The van der Waals surface area contributed by atoms with E-state index in [0.717, 1.165) is 0 Å².